The van der Waals surface area contributed by atoms with Gasteiger partial charge in [0.25, 0.3) is 0 Å². The van der Waals surface area contributed by atoms with Crippen LogP contribution in [0.25, 0.3) is 0 Å². The summed E-state index contributed by atoms with van der Waals surface area (Å²) in [6, 6.07) is 3.46. The molecule has 2 aliphatic rings. The van der Waals surface area contributed by atoms with Crippen molar-refractivity contribution in [3.63, 3.8) is 0 Å². The van der Waals surface area contributed by atoms with Crippen LogP contribution >= 0.6 is 50.5 Å². The summed E-state index contributed by atoms with van der Waals surface area (Å²) in [4.78, 5) is 26.9. The first-order chi connectivity index (χ1) is 16.4. The number of esters is 2. The van der Waals surface area contributed by atoms with Gasteiger partial charge >= 0.3 is 22.8 Å². The summed E-state index contributed by atoms with van der Waals surface area (Å²) < 4.78 is 19.8. The van der Waals surface area contributed by atoms with Crippen molar-refractivity contribution in [2.24, 2.45) is 0 Å². The Hall–Kier alpha value is -1.57. The normalized spacial score (nSPS) is 13.1. The van der Waals surface area contributed by atoms with Crippen LogP contribution in [0, 0.1) is 5.21 Å². The molecule has 2 aromatic heterocycles. The third kappa shape index (κ3) is 10.1. The first-order valence-corrected chi connectivity index (χ1v) is 15.7. The summed E-state index contributed by atoms with van der Waals surface area (Å²) >= 11 is 19.8. The lowest BCUT2D eigenvalue weighted by atomic mass is 10.1. The molecule has 0 aromatic carbocycles. The average molecular weight is 602 g/mol. The molecule has 0 amide bonds. The second-order valence-electron chi connectivity index (χ2n) is 7.52. The zero-order valence-corrected chi connectivity index (χ0v) is 23.1. The van der Waals surface area contributed by atoms with Crippen LogP contribution in [0.5, 0.6) is 0 Å². The maximum atomic E-state index is 11.5. The third-order valence-electron chi connectivity index (χ3n) is 5.13. The van der Waals surface area contributed by atoms with Gasteiger partial charge in [0.15, 0.2) is 6.20 Å². The van der Waals surface area contributed by atoms with Crippen LogP contribution in [0.4, 0.5) is 0 Å². The Labute approximate surface area is 230 Å². The minimum Gasteiger partial charge on any atom is -0.618 e. The van der Waals surface area contributed by atoms with Crippen LogP contribution in [0.1, 0.15) is 77.3 Å². The van der Waals surface area contributed by atoms with Gasteiger partial charge in [0.05, 0.1) is 13.2 Å². The fraction of sp³-hybridized carbons (Fsp3) is 0.478. The second-order valence-corrected chi connectivity index (χ2v) is 14.5. The van der Waals surface area contributed by atoms with E-state index in [2.05, 4.69) is 38.7 Å². The number of carbonyl (C=O) groups excluding carboxylic acids is 2. The first-order valence-electron chi connectivity index (χ1n) is 10.9. The molecule has 0 radical (unpaired) electrons. The van der Waals surface area contributed by atoms with Gasteiger partial charge in [-0.1, -0.05) is 19.0 Å². The molecule has 0 aliphatic heterocycles. The van der Waals surface area contributed by atoms with Crippen LogP contribution in [0.15, 0.2) is 18.3 Å². The number of halogens is 4. The predicted octanol–water partition coefficient (Wildman–Crippen LogP) is 6.83. The molecule has 200 valence electrons. The molecule has 0 unspecified atom stereocenters. The fourth-order valence-corrected chi connectivity index (χ4v) is 4.05. The zero-order chi connectivity index (χ0) is 26.2. The van der Waals surface area contributed by atoms with E-state index in [1.165, 1.54) is 6.20 Å². The number of hydrogen-bond acceptors (Lipinski definition) is 7. The predicted molar refractivity (Wildman–Crippen MR) is 143 cm³/mol. The molecule has 0 N–H and O–H groups in total. The van der Waals surface area contributed by atoms with Crippen LogP contribution in [0.2, 0.25) is 5.15 Å². The van der Waals surface area contributed by atoms with Crippen molar-refractivity contribution in [1.29, 1.82) is 0 Å². The number of pyridine rings is 2. The van der Waals surface area contributed by atoms with Gasteiger partial charge in [0, 0.05) is 11.6 Å². The highest BCUT2D eigenvalue weighted by molar-refractivity contribution is 8.24. The van der Waals surface area contributed by atoms with Gasteiger partial charge in [-0.05, 0) is 109 Å². The minimum atomic E-state index is -3.22. The quantitative estimate of drug-likeness (QED) is 0.124. The summed E-state index contributed by atoms with van der Waals surface area (Å²) in [6.45, 7) is 4.14. The molecule has 0 atom stereocenters. The molecule has 0 fully saturated rings. The van der Waals surface area contributed by atoms with Crippen molar-refractivity contribution in [1.82, 2.24) is 4.98 Å². The van der Waals surface area contributed by atoms with Crippen molar-refractivity contribution in [2.75, 3.05) is 13.2 Å². The number of ether oxygens (including phenoxy) is 2. The molecule has 8 nitrogen and oxygen atoms in total. The van der Waals surface area contributed by atoms with E-state index in [4.69, 9.17) is 21.1 Å². The lowest BCUT2D eigenvalue weighted by molar-refractivity contribution is -0.608. The number of nitrogens with zero attached hydrogens (tertiary/aromatic N) is 2. The average Bonchev–Trinajstić information content (AvgIpc) is 3.42. The maximum absolute atomic E-state index is 11.5. The molecule has 4 rings (SSSR count). The van der Waals surface area contributed by atoms with Gasteiger partial charge < -0.3 is 14.7 Å². The van der Waals surface area contributed by atoms with E-state index in [1.807, 2.05) is 0 Å². The molecule has 13 heteroatoms. The van der Waals surface area contributed by atoms with E-state index < -0.39 is 17.1 Å². The number of fused-ring (bicyclic) bond motifs is 2. The Balaban J connectivity index is 0.000000298. The molecular formula is C23H29Cl4N2O6P. The monoisotopic (exact) mass is 600 g/mol. The molecule has 2 aliphatic carbocycles. The fourth-order valence-electron chi connectivity index (χ4n) is 3.74. The van der Waals surface area contributed by atoms with E-state index in [-0.39, 0.29) is 19.7 Å². The maximum Gasteiger partial charge on any atom is 0.405 e. The highest BCUT2D eigenvalue weighted by Gasteiger charge is 2.23. The smallest absolute Gasteiger partial charge is 0.405 e. The van der Waals surface area contributed by atoms with Crippen LogP contribution < -0.4 is 4.73 Å². The SMILES string of the molecule is C.CCOC(=O)c1cc2c(c(Cl)n1)CCC2.CCOC(=O)c1cc2c(c[n+]1[O-])CCC2.O=P(Cl)(Cl)Cl. The molecule has 0 saturated carbocycles. The molecule has 2 heterocycles. The molecule has 36 heavy (non-hydrogen) atoms. The lowest BCUT2D eigenvalue weighted by Crippen LogP contribution is -2.35. The Kier molecular flexibility index (Phi) is 13.5. The van der Waals surface area contributed by atoms with E-state index in [1.54, 1.807) is 26.0 Å². The Morgan fingerprint density at radius 2 is 1.50 bits per heavy atom. The largest absolute Gasteiger partial charge is 0.618 e. The Morgan fingerprint density at radius 3 is 2.11 bits per heavy atom. The van der Waals surface area contributed by atoms with E-state index >= 15 is 0 Å². The lowest BCUT2D eigenvalue weighted by Gasteiger charge is -2.06. The van der Waals surface area contributed by atoms with Crippen LogP contribution in [0.3, 0.4) is 0 Å². The summed E-state index contributed by atoms with van der Waals surface area (Å²) in [6.07, 6.45) is 7.46. The zero-order valence-electron chi connectivity index (χ0n) is 19.2. The minimum absolute atomic E-state index is 0. The highest BCUT2D eigenvalue weighted by Crippen LogP contribution is 2.61. The van der Waals surface area contributed by atoms with Gasteiger partial charge in [0.1, 0.15) is 10.8 Å². The Morgan fingerprint density at radius 1 is 0.972 bits per heavy atom. The number of aryl methyl sites for hydroxylation is 3. The second kappa shape index (κ2) is 15.0. The van der Waals surface area contributed by atoms with Gasteiger partial charge in [-0.25, -0.2) is 14.6 Å². The van der Waals surface area contributed by atoms with E-state index in [9.17, 15) is 19.4 Å². The molecular weight excluding hydrogens is 573 g/mol. The van der Waals surface area contributed by atoms with Crippen molar-refractivity contribution >= 4 is 62.5 Å². The van der Waals surface area contributed by atoms with Crippen LogP contribution in [-0.2, 0) is 39.7 Å². The first kappa shape index (κ1) is 32.5. The summed E-state index contributed by atoms with van der Waals surface area (Å²) in [5, 5.41) is 8.74. The number of rotatable bonds is 4. The topological polar surface area (TPSA) is 110 Å². The molecule has 0 spiro atoms. The molecule has 0 bridgehead atoms. The van der Waals surface area contributed by atoms with E-state index in [0.29, 0.717) is 22.2 Å². The van der Waals surface area contributed by atoms with Crippen molar-refractivity contribution in [3.05, 3.63) is 62.3 Å². The number of carbonyl (C=O) groups is 2. The highest BCUT2D eigenvalue weighted by atomic mass is 36.0. The van der Waals surface area contributed by atoms with Gasteiger partial charge in [-0.2, -0.15) is 4.73 Å². The third-order valence-corrected chi connectivity index (χ3v) is 5.45. The molecule has 2 aromatic rings. The van der Waals surface area contributed by atoms with Crippen molar-refractivity contribution in [2.45, 2.75) is 59.8 Å². The number of hydrogen-bond donors (Lipinski definition) is 0. The summed E-state index contributed by atoms with van der Waals surface area (Å²) in [5.41, 5.74) is 4.80. The van der Waals surface area contributed by atoms with Crippen molar-refractivity contribution < 1.29 is 28.4 Å². The standard InChI is InChI=1S/C11H12ClNO2.C11H13NO3.CH4.Cl3OP/c1-2-15-11(14)9-6-7-4-3-5-8(7)10(12)13-9;1-2-15-11(13)10-6-8-4-3-5-9(8)7-12(10)14;;1-5(2,3)4/h6H,2-5H2,1H3;6-7H,2-5H2,1H3;1H4;. The summed E-state index contributed by atoms with van der Waals surface area (Å²) in [7, 11) is 0. The van der Waals surface area contributed by atoms with Gasteiger partial charge in [-0.3, -0.25) is 4.57 Å². The van der Waals surface area contributed by atoms with Gasteiger partial charge in [0.2, 0.25) is 0 Å². The van der Waals surface area contributed by atoms with Gasteiger partial charge in [-0.15, -0.1) is 0 Å². The van der Waals surface area contributed by atoms with Crippen molar-refractivity contribution in [3.8, 4) is 0 Å². The summed E-state index contributed by atoms with van der Waals surface area (Å²) in [5.74, 6) is -0.934. The number of aromatic nitrogens is 2. The van der Waals surface area contributed by atoms with Crippen LogP contribution in [-0.4, -0.2) is 30.1 Å². The van der Waals surface area contributed by atoms with E-state index in [0.717, 1.165) is 60.8 Å². The molecule has 0 saturated heterocycles. The Bertz CT molecular complexity index is 1120.